The predicted octanol–water partition coefficient (Wildman–Crippen LogP) is 1.47. The number of nitrogens with one attached hydrogen (secondary N) is 1. The summed E-state index contributed by atoms with van der Waals surface area (Å²) in [5, 5.41) is 3.50. The minimum absolute atomic E-state index is 0.589. The lowest BCUT2D eigenvalue weighted by Gasteiger charge is -2.33. The molecular formula is C11H22N2. The predicted molar refractivity (Wildman–Crippen MR) is 55.9 cm³/mol. The van der Waals surface area contributed by atoms with Crippen molar-refractivity contribution in [2.24, 2.45) is 5.92 Å². The van der Waals surface area contributed by atoms with Gasteiger partial charge in [-0.3, -0.25) is 4.90 Å². The smallest absolute Gasteiger partial charge is 0.0182 e. The van der Waals surface area contributed by atoms with Crippen LogP contribution in [0.3, 0.4) is 0 Å². The van der Waals surface area contributed by atoms with Crippen molar-refractivity contribution in [2.75, 3.05) is 26.2 Å². The molecule has 2 nitrogen and oxygen atoms in total. The Morgan fingerprint density at radius 3 is 2.85 bits per heavy atom. The SMILES string of the molecule is CC1CNCCCN(C2(C)CC2)C1. The second-order valence-corrected chi connectivity index (χ2v) is 5.11. The maximum atomic E-state index is 3.50. The summed E-state index contributed by atoms with van der Waals surface area (Å²) < 4.78 is 0. The summed E-state index contributed by atoms with van der Waals surface area (Å²) >= 11 is 0. The Kier molecular flexibility index (Phi) is 2.61. The van der Waals surface area contributed by atoms with E-state index in [1.165, 1.54) is 45.4 Å². The van der Waals surface area contributed by atoms with Crippen LogP contribution in [0.15, 0.2) is 0 Å². The molecule has 1 N–H and O–H groups in total. The molecule has 1 saturated heterocycles. The molecule has 2 rings (SSSR count). The highest BCUT2D eigenvalue weighted by atomic mass is 15.2. The van der Waals surface area contributed by atoms with E-state index in [9.17, 15) is 0 Å². The third-order valence-electron chi connectivity index (χ3n) is 3.54. The Labute approximate surface area is 81.7 Å². The van der Waals surface area contributed by atoms with E-state index in [0.717, 1.165) is 5.92 Å². The average molecular weight is 182 g/mol. The van der Waals surface area contributed by atoms with Gasteiger partial charge < -0.3 is 5.32 Å². The molecule has 1 atom stereocenters. The van der Waals surface area contributed by atoms with Gasteiger partial charge in [-0.1, -0.05) is 6.92 Å². The first-order valence-corrected chi connectivity index (χ1v) is 5.66. The van der Waals surface area contributed by atoms with Crippen LogP contribution in [0.2, 0.25) is 0 Å². The Morgan fingerprint density at radius 1 is 1.38 bits per heavy atom. The number of nitrogens with zero attached hydrogens (tertiary/aromatic N) is 1. The molecule has 0 aromatic rings. The molecule has 0 amide bonds. The summed E-state index contributed by atoms with van der Waals surface area (Å²) in [6.45, 7) is 9.78. The van der Waals surface area contributed by atoms with E-state index in [4.69, 9.17) is 0 Å². The molecule has 1 saturated carbocycles. The van der Waals surface area contributed by atoms with Crippen LogP contribution >= 0.6 is 0 Å². The van der Waals surface area contributed by atoms with Crippen molar-refractivity contribution in [3.63, 3.8) is 0 Å². The molecule has 2 aliphatic rings. The first-order valence-electron chi connectivity index (χ1n) is 5.66. The van der Waals surface area contributed by atoms with Gasteiger partial charge in [-0.2, -0.15) is 0 Å². The van der Waals surface area contributed by atoms with E-state index in [1.807, 2.05) is 0 Å². The molecule has 1 aliphatic heterocycles. The molecule has 76 valence electrons. The van der Waals surface area contributed by atoms with Crippen LogP contribution < -0.4 is 5.32 Å². The monoisotopic (exact) mass is 182 g/mol. The number of hydrogen-bond donors (Lipinski definition) is 1. The van der Waals surface area contributed by atoms with Crippen molar-refractivity contribution in [1.29, 1.82) is 0 Å². The van der Waals surface area contributed by atoms with E-state index in [0.29, 0.717) is 5.54 Å². The molecule has 13 heavy (non-hydrogen) atoms. The molecule has 0 aromatic carbocycles. The molecule has 2 heteroatoms. The van der Waals surface area contributed by atoms with Gasteiger partial charge in [-0.15, -0.1) is 0 Å². The normalized spacial score (nSPS) is 35.1. The van der Waals surface area contributed by atoms with Gasteiger partial charge in [-0.05, 0) is 51.7 Å². The fourth-order valence-corrected chi connectivity index (χ4v) is 2.26. The van der Waals surface area contributed by atoms with Crippen LogP contribution in [-0.2, 0) is 0 Å². The van der Waals surface area contributed by atoms with E-state index >= 15 is 0 Å². The molecule has 0 radical (unpaired) electrons. The quantitative estimate of drug-likeness (QED) is 0.660. The van der Waals surface area contributed by atoms with Gasteiger partial charge in [-0.25, -0.2) is 0 Å². The molecule has 0 spiro atoms. The van der Waals surface area contributed by atoms with Crippen molar-refractivity contribution in [2.45, 2.75) is 38.6 Å². The van der Waals surface area contributed by atoms with Crippen LogP contribution in [0.5, 0.6) is 0 Å². The zero-order chi connectivity index (χ0) is 9.31. The molecular weight excluding hydrogens is 160 g/mol. The van der Waals surface area contributed by atoms with Gasteiger partial charge in [0.05, 0.1) is 0 Å². The Bertz CT molecular complexity index is 175. The highest BCUT2D eigenvalue weighted by Gasteiger charge is 2.43. The van der Waals surface area contributed by atoms with Crippen LogP contribution in [0, 0.1) is 5.92 Å². The van der Waals surface area contributed by atoms with Crippen molar-refractivity contribution >= 4 is 0 Å². The van der Waals surface area contributed by atoms with Gasteiger partial charge in [0.2, 0.25) is 0 Å². The van der Waals surface area contributed by atoms with Gasteiger partial charge >= 0.3 is 0 Å². The first kappa shape index (κ1) is 9.47. The minimum Gasteiger partial charge on any atom is -0.316 e. The largest absolute Gasteiger partial charge is 0.316 e. The third kappa shape index (κ3) is 2.23. The average Bonchev–Trinajstić information content (AvgIpc) is 2.77. The molecule has 0 aromatic heterocycles. The zero-order valence-corrected chi connectivity index (χ0v) is 8.97. The third-order valence-corrected chi connectivity index (χ3v) is 3.54. The summed E-state index contributed by atoms with van der Waals surface area (Å²) in [5.74, 6) is 0.817. The summed E-state index contributed by atoms with van der Waals surface area (Å²) in [6.07, 6.45) is 4.17. The summed E-state index contributed by atoms with van der Waals surface area (Å²) in [6, 6.07) is 0. The van der Waals surface area contributed by atoms with Gasteiger partial charge in [0.1, 0.15) is 0 Å². The molecule has 1 aliphatic carbocycles. The van der Waals surface area contributed by atoms with E-state index in [2.05, 4.69) is 24.1 Å². The fraction of sp³-hybridized carbons (Fsp3) is 1.00. The van der Waals surface area contributed by atoms with E-state index < -0.39 is 0 Å². The van der Waals surface area contributed by atoms with Crippen molar-refractivity contribution in [1.82, 2.24) is 10.2 Å². The van der Waals surface area contributed by atoms with E-state index in [-0.39, 0.29) is 0 Å². The second-order valence-electron chi connectivity index (χ2n) is 5.11. The molecule has 1 unspecified atom stereocenters. The molecule has 0 bridgehead atoms. The molecule has 1 heterocycles. The maximum absolute atomic E-state index is 3.50. The van der Waals surface area contributed by atoms with E-state index in [1.54, 1.807) is 0 Å². The van der Waals surface area contributed by atoms with Crippen LogP contribution in [0.4, 0.5) is 0 Å². The maximum Gasteiger partial charge on any atom is 0.0182 e. The molecule has 2 fully saturated rings. The van der Waals surface area contributed by atoms with Crippen molar-refractivity contribution in [3.8, 4) is 0 Å². The summed E-state index contributed by atoms with van der Waals surface area (Å²) in [5.41, 5.74) is 0.589. The Balaban J connectivity index is 1.92. The standard InChI is InChI=1S/C11H22N2/c1-10-8-12-6-3-7-13(9-10)11(2)4-5-11/h10,12H,3-9H2,1-2H3. The summed E-state index contributed by atoms with van der Waals surface area (Å²) in [7, 11) is 0. The van der Waals surface area contributed by atoms with Crippen molar-refractivity contribution in [3.05, 3.63) is 0 Å². The fourth-order valence-electron chi connectivity index (χ4n) is 2.26. The Morgan fingerprint density at radius 2 is 2.15 bits per heavy atom. The summed E-state index contributed by atoms with van der Waals surface area (Å²) in [4.78, 5) is 2.72. The van der Waals surface area contributed by atoms with Crippen molar-refractivity contribution < 1.29 is 0 Å². The lowest BCUT2D eigenvalue weighted by molar-refractivity contribution is 0.151. The second kappa shape index (κ2) is 3.58. The lowest BCUT2D eigenvalue weighted by atomic mass is 10.1. The number of hydrogen-bond acceptors (Lipinski definition) is 2. The van der Waals surface area contributed by atoms with Gasteiger partial charge in [0, 0.05) is 12.1 Å². The minimum atomic E-state index is 0.589. The van der Waals surface area contributed by atoms with Crippen LogP contribution in [0.25, 0.3) is 0 Å². The zero-order valence-electron chi connectivity index (χ0n) is 8.97. The van der Waals surface area contributed by atoms with Crippen LogP contribution in [0.1, 0.15) is 33.1 Å². The first-order chi connectivity index (χ1) is 6.21. The topological polar surface area (TPSA) is 15.3 Å². The van der Waals surface area contributed by atoms with Gasteiger partial charge in [0.25, 0.3) is 0 Å². The highest BCUT2D eigenvalue weighted by Crippen LogP contribution is 2.41. The van der Waals surface area contributed by atoms with Crippen LogP contribution in [-0.4, -0.2) is 36.6 Å². The number of rotatable bonds is 1. The van der Waals surface area contributed by atoms with Gasteiger partial charge in [0.15, 0.2) is 0 Å². The highest BCUT2D eigenvalue weighted by molar-refractivity contribution is 5.00. The Hall–Kier alpha value is -0.0800. The lowest BCUT2D eigenvalue weighted by Crippen LogP contribution is -2.44.